The van der Waals surface area contributed by atoms with Crippen LogP contribution in [0.3, 0.4) is 0 Å². The van der Waals surface area contributed by atoms with Crippen LogP contribution >= 0.6 is 0 Å². The van der Waals surface area contributed by atoms with Crippen molar-refractivity contribution in [3.8, 4) is 11.5 Å². The van der Waals surface area contributed by atoms with Gasteiger partial charge in [0.2, 0.25) is 11.8 Å². The third kappa shape index (κ3) is 4.10. The van der Waals surface area contributed by atoms with E-state index in [1.54, 1.807) is 48.5 Å². The Morgan fingerprint density at radius 3 is 2.50 bits per heavy atom. The maximum Gasteiger partial charge on any atom is 0.258 e. The largest absolute Gasteiger partial charge is 0.421 e. The first-order valence-electron chi connectivity index (χ1n) is 9.39. The molecular formula is C23H19FN4O2. The second kappa shape index (κ2) is 8.24. The van der Waals surface area contributed by atoms with Gasteiger partial charge in [0.15, 0.2) is 0 Å². The Bertz CT molecular complexity index is 1190. The molecule has 0 bridgehead atoms. The van der Waals surface area contributed by atoms with Crippen LogP contribution in [0.5, 0.6) is 0 Å². The fourth-order valence-electron chi connectivity index (χ4n) is 3.12. The van der Waals surface area contributed by atoms with E-state index in [0.29, 0.717) is 28.3 Å². The minimum atomic E-state index is -0.455. The molecule has 2 aromatic heterocycles. The molecule has 0 aliphatic heterocycles. The molecule has 30 heavy (non-hydrogen) atoms. The monoisotopic (exact) mass is 402 g/mol. The van der Waals surface area contributed by atoms with Gasteiger partial charge in [0.05, 0.1) is 6.54 Å². The number of pyridine rings is 1. The highest BCUT2D eigenvalue weighted by molar-refractivity contribution is 6.06. The fraction of sp³-hybridized carbons (Fsp3) is 0.130. The van der Waals surface area contributed by atoms with E-state index in [2.05, 4.69) is 15.2 Å². The van der Waals surface area contributed by atoms with Gasteiger partial charge in [-0.05, 0) is 48.9 Å². The zero-order chi connectivity index (χ0) is 21.1. The number of anilines is 1. The van der Waals surface area contributed by atoms with Crippen LogP contribution in [0.4, 0.5) is 10.1 Å². The lowest BCUT2D eigenvalue weighted by atomic mass is 10.1. The van der Waals surface area contributed by atoms with Crippen molar-refractivity contribution in [2.45, 2.75) is 20.4 Å². The summed E-state index contributed by atoms with van der Waals surface area (Å²) in [5.41, 5.74) is 3.03. The SMILES string of the molecule is Cc1cccc(N(Cc2ccc(-c3nnc(C)o3)cc2F)C(=O)c2ccncc2)c1. The lowest BCUT2D eigenvalue weighted by Gasteiger charge is -2.24. The number of halogens is 1. The van der Waals surface area contributed by atoms with Gasteiger partial charge in [0.1, 0.15) is 5.82 Å². The van der Waals surface area contributed by atoms with Crippen molar-refractivity contribution in [3.63, 3.8) is 0 Å². The van der Waals surface area contributed by atoms with Crippen molar-refractivity contribution in [1.82, 2.24) is 15.2 Å². The molecule has 1 amide bonds. The summed E-state index contributed by atoms with van der Waals surface area (Å²) in [6, 6.07) is 15.5. The summed E-state index contributed by atoms with van der Waals surface area (Å²) in [6.07, 6.45) is 3.12. The zero-order valence-corrected chi connectivity index (χ0v) is 16.5. The van der Waals surface area contributed by atoms with Crippen LogP contribution in [-0.4, -0.2) is 21.1 Å². The maximum atomic E-state index is 14.9. The number of carbonyl (C=O) groups excluding carboxylic acids is 1. The topological polar surface area (TPSA) is 72.1 Å². The number of aromatic nitrogens is 3. The molecule has 0 fully saturated rings. The standard InChI is InChI=1S/C23H19FN4O2/c1-15-4-3-5-20(12-15)28(23(29)17-8-10-25-11-9-17)14-19-7-6-18(13-21(19)24)22-27-26-16(2)30-22/h3-13H,14H2,1-2H3. The molecule has 0 spiro atoms. The summed E-state index contributed by atoms with van der Waals surface area (Å²) in [7, 11) is 0. The highest BCUT2D eigenvalue weighted by atomic mass is 19.1. The van der Waals surface area contributed by atoms with Crippen LogP contribution in [0.2, 0.25) is 0 Å². The predicted octanol–water partition coefficient (Wildman–Crippen LogP) is 4.73. The van der Waals surface area contributed by atoms with Crippen LogP contribution in [0, 0.1) is 19.7 Å². The zero-order valence-electron chi connectivity index (χ0n) is 16.5. The van der Waals surface area contributed by atoms with Crippen LogP contribution in [0.25, 0.3) is 11.5 Å². The average molecular weight is 402 g/mol. The van der Waals surface area contributed by atoms with Gasteiger partial charge in [-0.1, -0.05) is 18.2 Å². The van der Waals surface area contributed by atoms with Gasteiger partial charge in [-0.25, -0.2) is 4.39 Å². The number of benzene rings is 2. The highest BCUT2D eigenvalue weighted by Gasteiger charge is 2.20. The first-order valence-corrected chi connectivity index (χ1v) is 9.39. The first-order chi connectivity index (χ1) is 14.5. The lowest BCUT2D eigenvalue weighted by Crippen LogP contribution is -2.30. The molecule has 0 N–H and O–H groups in total. The summed E-state index contributed by atoms with van der Waals surface area (Å²) in [4.78, 5) is 18.7. The molecule has 0 atom stereocenters. The summed E-state index contributed by atoms with van der Waals surface area (Å²) in [6.45, 7) is 3.69. The highest BCUT2D eigenvalue weighted by Crippen LogP contribution is 2.25. The van der Waals surface area contributed by atoms with Crippen molar-refractivity contribution in [3.05, 3.63) is 95.4 Å². The molecule has 0 unspecified atom stereocenters. The predicted molar refractivity (Wildman–Crippen MR) is 110 cm³/mol. The van der Waals surface area contributed by atoms with Crippen molar-refractivity contribution in [2.75, 3.05) is 4.90 Å². The molecule has 0 aliphatic carbocycles. The molecular weight excluding hydrogens is 383 g/mol. The van der Waals surface area contributed by atoms with Gasteiger partial charge in [-0.3, -0.25) is 9.78 Å². The van der Waals surface area contributed by atoms with Gasteiger partial charge >= 0.3 is 0 Å². The molecule has 150 valence electrons. The third-order valence-electron chi connectivity index (χ3n) is 4.64. The van der Waals surface area contributed by atoms with Crippen LogP contribution in [-0.2, 0) is 6.54 Å². The molecule has 4 rings (SSSR count). The van der Waals surface area contributed by atoms with Crippen LogP contribution in [0.1, 0.15) is 27.4 Å². The van der Waals surface area contributed by atoms with Gasteiger partial charge in [0, 0.05) is 41.7 Å². The Kier molecular flexibility index (Phi) is 5.34. The van der Waals surface area contributed by atoms with E-state index in [1.807, 2.05) is 31.2 Å². The van der Waals surface area contributed by atoms with E-state index in [4.69, 9.17) is 4.42 Å². The van der Waals surface area contributed by atoms with Crippen molar-refractivity contribution in [2.24, 2.45) is 0 Å². The molecule has 2 heterocycles. The number of amides is 1. The van der Waals surface area contributed by atoms with E-state index >= 15 is 0 Å². The first kappa shape index (κ1) is 19.4. The van der Waals surface area contributed by atoms with Crippen molar-refractivity contribution < 1.29 is 13.6 Å². The molecule has 7 heteroatoms. The number of carbonyl (C=O) groups is 1. The molecule has 0 saturated heterocycles. The second-order valence-corrected chi connectivity index (χ2v) is 6.90. The van der Waals surface area contributed by atoms with Crippen molar-refractivity contribution in [1.29, 1.82) is 0 Å². The molecule has 0 aliphatic rings. The van der Waals surface area contributed by atoms with Gasteiger partial charge in [-0.15, -0.1) is 10.2 Å². The Hall–Kier alpha value is -3.87. The fourth-order valence-corrected chi connectivity index (χ4v) is 3.12. The number of rotatable bonds is 5. The molecule has 4 aromatic rings. The van der Waals surface area contributed by atoms with Gasteiger partial charge in [0.25, 0.3) is 5.91 Å². The number of hydrogen-bond donors (Lipinski definition) is 0. The van der Waals surface area contributed by atoms with E-state index in [-0.39, 0.29) is 18.3 Å². The third-order valence-corrected chi connectivity index (χ3v) is 4.64. The van der Waals surface area contributed by atoms with Gasteiger partial charge < -0.3 is 9.32 Å². The molecule has 0 saturated carbocycles. The maximum absolute atomic E-state index is 14.9. The summed E-state index contributed by atoms with van der Waals surface area (Å²) in [5, 5.41) is 7.69. The second-order valence-electron chi connectivity index (χ2n) is 6.90. The Balaban J connectivity index is 1.69. The summed E-state index contributed by atoms with van der Waals surface area (Å²) < 4.78 is 20.3. The Labute approximate surface area is 173 Å². The van der Waals surface area contributed by atoms with Crippen molar-refractivity contribution >= 4 is 11.6 Å². The van der Waals surface area contributed by atoms with E-state index in [0.717, 1.165) is 5.56 Å². The average Bonchev–Trinajstić information content (AvgIpc) is 3.19. The molecule has 6 nitrogen and oxygen atoms in total. The van der Waals surface area contributed by atoms with Gasteiger partial charge in [-0.2, -0.15) is 0 Å². The van der Waals surface area contributed by atoms with E-state index < -0.39 is 5.82 Å². The Morgan fingerprint density at radius 2 is 1.83 bits per heavy atom. The smallest absolute Gasteiger partial charge is 0.258 e. The van der Waals surface area contributed by atoms with E-state index in [9.17, 15) is 9.18 Å². The minimum Gasteiger partial charge on any atom is -0.421 e. The summed E-state index contributed by atoms with van der Waals surface area (Å²) in [5.74, 6) is -0.0352. The van der Waals surface area contributed by atoms with E-state index in [1.165, 1.54) is 6.07 Å². The van der Waals surface area contributed by atoms with Crippen LogP contribution in [0.15, 0.2) is 71.4 Å². The number of hydrogen-bond acceptors (Lipinski definition) is 5. The summed E-state index contributed by atoms with van der Waals surface area (Å²) >= 11 is 0. The minimum absolute atomic E-state index is 0.0690. The number of nitrogens with zero attached hydrogens (tertiary/aromatic N) is 4. The molecule has 0 radical (unpaired) electrons. The quantitative estimate of drug-likeness (QED) is 0.482. The van der Waals surface area contributed by atoms with Crippen LogP contribution < -0.4 is 4.90 Å². The number of aryl methyl sites for hydroxylation is 2. The Morgan fingerprint density at radius 1 is 1.03 bits per heavy atom. The normalized spacial score (nSPS) is 10.8. The lowest BCUT2D eigenvalue weighted by molar-refractivity contribution is 0.0985. The molecule has 2 aromatic carbocycles.